The first-order chi connectivity index (χ1) is 7.61. The molecule has 0 saturated carbocycles. The highest BCUT2D eigenvalue weighted by Crippen LogP contribution is 2.04. The van der Waals surface area contributed by atoms with E-state index in [1.807, 2.05) is 6.92 Å². The molecule has 0 fully saturated rings. The minimum Gasteiger partial charge on any atom is -0.353 e. The first-order valence-electron chi connectivity index (χ1n) is 5.21. The van der Waals surface area contributed by atoms with Crippen LogP contribution in [-0.2, 0) is 11.2 Å². The third-order valence-electron chi connectivity index (χ3n) is 2.20. The lowest BCUT2D eigenvalue weighted by atomic mass is 10.1. The number of nitrogens with one attached hydrogen (secondary N) is 1. The summed E-state index contributed by atoms with van der Waals surface area (Å²) >= 11 is 3.32. The third-order valence-corrected chi connectivity index (χ3v) is 2.66. The van der Waals surface area contributed by atoms with Gasteiger partial charge in [0.05, 0.1) is 6.42 Å². The van der Waals surface area contributed by atoms with Gasteiger partial charge in [0.2, 0.25) is 5.91 Å². The molecule has 1 amide bonds. The highest BCUT2D eigenvalue weighted by molar-refractivity contribution is 9.09. The number of benzene rings is 1. The normalized spacial score (nSPS) is 12.2. The molecule has 1 N–H and O–H groups in total. The zero-order valence-electron chi connectivity index (χ0n) is 9.17. The fourth-order valence-electron chi connectivity index (χ4n) is 1.39. The van der Waals surface area contributed by atoms with Gasteiger partial charge in [0.25, 0.3) is 0 Å². The van der Waals surface area contributed by atoms with E-state index >= 15 is 0 Å². The molecule has 0 aromatic heterocycles. The summed E-state index contributed by atoms with van der Waals surface area (Å²) in [7, 11) is 0. The molecule has 1 aromatic carbocycles. The predicted molar refractivity (Wildman–Crippen MR) is 66.1 cm³/mol. The molecule has 1 rings (SSSR count). The lowest BCUT2D eigenvalue weighted by molar-refractivity contribution is -0.121. The molecule has 0 bridgehead atoms. The molecule has 1 aromatic rings. The van der Waals surface area contributed by atoms with E-state index in [1.165, 1.54) is 12.1 Å². The van der Waals surface area contributed by atoms with Crippen LogP contribution in [0.2, 0.25) is 0 Å². The first-order valence-corrected chi connectivity index (χ1v) is 6.33. The fourth-order valence-corrected chi connectivity index (χ4v) is 2.08. The van der Waals surface area contributed by atoms with E-state index in [0.717, 1.165) is 11.8 Å². The molecule has 88 valence electrons. The van der Waals surface area contributed by atoms with Crippen LogP contribution >= 0.6 is 15.9 Å². The van der Waals surface area contributed by atoms with E-state index in [-0.39, 0.29) is 24.2 Å². The van der Waals surface area contributed by atoms with Gasteiger partial charge in [0, 0.05) is 11.4 Å². The van der Waals surface area contributed by atoms with Crippen molar-refractivity contribution in [3.8, 4) is 0 Å². The number of rotatable bonds is 5. The summed E-state index contributed by atoms with van der Waals surface area (Å²) in [5.41, 5.74) is 0.698. The second-order valence-electron chi connectivity index (χ2n) is 3.75. The van der Waals surface area contributed by atoms with Gasteiger partial charge in [0.15, 0.2) is 0 Å². The number of hydrogen-bond donors (Lipinski definition) is 1. The molecule has 0 radical (unpaired) electrons. The number of carbonyl (C=O) groups is 1. The molecule has 1 atom stereocenters. The minimum absolute atomic E-state index is 0.0703. The summed E-state index contributed by atoms with van der Waals surface area (Å²) in [6, 6.07) is 6.25. The Morgan fingerprint density at radius 3 is 2.94 bits per heavy atom. The van der Waals surface area contributed by atoms with E-state index in [9.17, 15) is 9.18 Å². The second kappa shape index (κ2) is 6.63. The van der Waals surface area contributed by atoms with Gasteiger partial charge in [-0.05, 0) is 31.0 Å². The topological polar surface area (TPSA) is 29.1 Å². The summed E-state index contributed by atoms with van der Waals surface area (Å²) in [4.78, 5) is 11.6. The predicted octanol–water partition coefficient (Wildman–Crippen LogP) is 2.66. The Hall–Kier alpha value is -0.900. The van der Waals surface area contributed by atoms with Crippen molar-refractivity contribution in [3.63, 3.8) is 0 Å². The highest BCUT2D eigenvalue weighted by Gasteiger charge is 2.07. The van der Waals surface area contributed by atoms with Crippen LogP contribution in [0.15, 0.2) is 24.3 Å². The van der Waals surface area contributed by atoms with Crippen LogP contribution in [0.1, 0.15) is 18.9 Å². The number of halogens is 2. The van der Waals surface area contributed by atoms with E-state index in [4.69, 9.17) is 0 Å². The summed E-state index contributed by atoms with van der Waals surface area (Å²) in [5, 5.41) is 3.71. The molecule has 1 unspecified atom stereocenters. The van der Waals surface area contributed by atoms with E-state index in [2.05, 4.69) is 21.2 Å². The second-order valence-corrected chi connectivity index (χ2v) is 4.55. The maximum atomic E-state index is 12.9. The molecule has 16 heavy (non-hydrogen) atoms. The van der Waals surface area contributed by atoms with Crippen molar-refractivity contribution in [3.05, 3.63) is 35.6 Å². The van der Waals surface area contributed by atoms with E-state index in [0.29, 0.717) is 5.56 Å². The molecular formula is C12H15BrFNO. The molecule has 2 nitrogen and oxygen atoms in total. The maximum absolute atomic E-state index is 12.9. The molecule has 4 heteroatoms. The number of hydrogen-bond acceptors (Lipinski definition) is 1. The lowest BCUT2D eigenvalue weighted by Gasteiger charge is -2.12. The van der Waals surface area contributed by atoms with Crippen LogP contribution in [0.4, 0.5) is 4.39 Å². The monoisotopic (exact) mass is 287 g/mol. The Labute approximate surface area is 103 Å². The third kappa shape index (κ3) is 4.75. The Bertz CT molecular complexity index is 357. The van der Waals surface area contributed by atoms with Gasteiger partial charge in [-0.1, -0.05) is 28.1 Å². The highest BCUT2D eigenvalue weighted by atomic mass is 79.9. The maximum Gasteiger partial charge on any atom is 0.224 e. The minimum atomic E-state index is -0.307. The zero-order valence-corrected chi connectivity index (χ0v) is 10.8. The zero-order chi connectivity index (χ0) is 12.0. The summed E-state index contributed by atoms with van der Waals surface area (Å²) in [5.74, 6) is -0.377. The summed E-state index contributed by atoms with van der Waals surface area (Å²) in [6.45, 7) is 1.95. The summed E-state index contributed by atoms with van der Waals surface area (Å²) in [6.07, 6.45) is 1.11. The van der Waals surface area contributed by atoms with Gasteiger partial charge in [-0.3, -0.25) is 4.79 Å². The van der Waals surface area contributed by atoms with E-state index < -0.39 is 0 Å². The Morgan fingerprint density at radius 1 is 1.56 bits per heavy atom. The molecule has 0 aliphatic rings. The Balaban J connectivity index is 2.45. The van der Waals surface area contributed by atoms with Crippen molar-refractivity contribution < 1.29 is 9.18 Å². The van der Waals surface area contributed by atoms with Gasteiger partial charge in [-0.2, -0.15) is 0 Å². The van der Waals surface area contributed by atoms with Crippen LogP contribution in [0.5, 0.6) is 0 Å². The van der Waals surface area contributed by atoms with Crippen LogP contribution in [-0.4, -0.2) is 17.3 Å². The fraction of sp³-hybridized carbons (Fsp3) is 0.417. The quantitative estimate of drug-likeness (QED) is 0.829. The average molecular weight is 288 g/mol. The first kappa shape index (κ1) is 13.2. The molecule has 0 aliphatic carbocycles. The van der Waals surface area contributed by atoms with Crippen molar-refractivity contribution in [1.29, 1.82) is 0 Å². The van der Waals surface area contributed by atoms with Crippen LogP contribution in [0.3, 0.4) is 0 Å². The smallest absolute Gasteiger partial charge is 0.224 e. The Kier molecular flexibility index (Phi) is 5.46. The van der Waals surface area contributed by atoms with Crippen LogP contribution in [0.25, 0.3) is 0 Å². The molecule has 0 heterocycles. The molecule has 0 aliphatic heterocycles. The number of amides is 1. The standard InChI is InChI=1S/C12H15BrFNO/c1-9(5-6-13)15-12(16)8-10-3-2-4-11(14)7-10/h2-4,7,9H,5-6,8H2,1H3,(H,15,16). The molecule has 0 spiro atoms. The van der Waals surface area contributed by atoms with Crippen LogP contribution < -0.4 is 5.32 Å². The van der Waals surface area contributed by atoms with Crippen LogP contribution in [0, 0.1) is 5.82 Å². The SMILES string of the molecule is CC(CCBr)NC(=O)Cc1cccc(F)c1. The van der Waals surface area contributed by atoms with Crippen molar-refractivity contribution >= 4 is 21.8 Å². The summed E-state index contributed by atoms with van der Waals surface area (Å²) < 4.78 is 12.9. The van der Waals surface area contributed by atoms with Crippen molar-refractivity contribution in [2.24, 2.45) is 0 Å². The van der Waals surface area contributed by atoms with Gasteiger partial charge >= 0.3 is 0 Å². The van der Waals surface area contributed by atoms with Crippen molar-refractivity contribution in [2.75, 3.05) is 5.33 Å². The number of alkyl halides is 1. The Morgan fingerprint density at radius 2 is 2.31 bits per heavy atom. The van der Waals surface area contributed by atoms with Gasteiger partial charge < -0.3 is 5.32 Å². The molecular weight excluding hydrogens is 273 g/mol. The van der Waals surface area contributed by atoms with E-state index in [1.54, 1.807) is 12.1 Å². The average Bonchev–Trinajstić information content (AvgIpc) is 2.17. The van der Waals surface area contributed by atoms with Crippen molar-refractivity contribution in [2.45, 2.75) is 25.8 Å². The van der Waals surface area contributed by atoms with Gasteiger partial charge in [-0.25, -0.2) is 4.39 Å². The number of carbonyl (C=O) groups excluding carboxylic acids is 1. The molecule has 0 saturated heterocycles. The van der Waals surface area contributed by atoms with Gasteiger partial charge in [0.1, 0.15) is 5.82 Å². The largest absolute Gasteiger partial charge is 0.353 e. The van der Waals surface area contributed by atoms with Crippen molar-refractivity contribution in [1.82, 2.24) is 5.32 Å². The van der Waals surface area contributed by atoms with Gasteiger partial charge in [-0.15, -0.1) is 0 Å². The lowest BCUT2D eigenvalue weighted by Crippen LogP contribution is -2.33.